The molecule has 0 N–H and O–H groups in total. The van der Waals surface area contributed by atoms with E-state index in [1.54, 1.807) is 0 Å². The third-order valence-electron chi connectivity index (χ3n) is 2.98. The third-order valence-corrected chi connectivity index (χ3v) is 3.51. The molecule has 1 rings (SSSR count). The lowest BCUT2D eigenvalue weighted by Crippen LogP contribution is -2.47. The van der Waals surface area contributed by atoms with Crippen LogP contribution in [0.25, 0.3) is 0 Å². The smallest absolute Gasteiger partial charge is 0.323 e. The summed E-state index contributed by atoms with van der Waals surface area (Å²) in [6.07, 6.45) is 3.22. The Bertz CT molecular complexity index is 223. The van der Waals surface area contributed by atoms with Gasteiger partial charge in [-0.25, -0.2) is 0 Å². The van der Waals surface area contributed by atoms with Gasteiger partial charge in [0.2, 0.25) is 0 Å². The largest absolute Gasteiger partial charge is 0.465 e. The van der Waals surface area contributed by atoms with Crippen molar-refractivity contribution in [1.82, 2.24) is 4.90 Å². The van der Waals surface area contributed by atoms with Crippen LogP contribution in [0.5, 0.6) is 0 Å². The van der Waals surface area contributed by atoms with Crippen molar-refractivity contribution in [2.24, 2.45) is 5.92 Å². The zero-order valence-electron chi connectivity index (χ0n) is 10.2. The molecule has 0 amide bonds. The average molecular weight is 248 g/mol. The van der Waals surface area contributed by atoms with Gasteiger partial charge in [-0.2, -0.15) is 0 Å². The first-order valence-corrected chi connectivity index (χ1v) is 6.69. The van der Waals surface area contributed by atoms with E-state index in [1.165, 1.54) is 6.42 Å². The van der Waals surface area contributed by atoms with E-state index in [1.807, 2.05) is 6.92 Å². The van der Waals surface area contributed by atoms with Crippen LogP contribution < -0.4 is 0 Å². The van der Waals surface area contributed by atoms with Gasteiger partial charge >= 0.3 is 5.97 Å². The number of likely N-dealkylation sites (tertiary alicyclic amines) is 1. The number of esters is 1. The first-order valence-electron chi connectivity index (χ1n) is 6.15. The predicted molar refractivity (Wildman–Crippen MR) is 65.7 cm³/mol. The molecule has 1 fully saturated rings. The predicted octanol–water partition coefficient (Wildman–Crippen LogP) is 2.28. The first-order chi connectivity index (χ1) is 7.69. The molecule has 1 aliphatic rings. The van der Waals surface area contributed by atoms with Gasteiger partial charge < -0.3 is 4.74 Å². The molecular weight excluding hydrogens is 226 g/mol. The van der Waals surface area contributed by atoms with E-state index in [0.29, 0.717) is 18.4 Å². The fourth-order valence-electron chi connectivity index (χ4n) is 2.16. The highest BCUT2D eigenvalue weighted by Crippen LogP contribution is 2.19. The summed E-state index contributed by atoms with van der Waals surface area (Å²) in [7, 11) is 0. The van der Waals surface area contributed by atoms with E-state index in [0.717, 1.165) is 25.9 Å². The minimum atomic E-state index is -0.0658. The van der Waals surface area contributed by atoms with Gasteiger partial charge in [-0.05, 0) is 32.2 Å². The Morgan fingerprint density at radius 1 is 1.56 bits per heavy atom. The number of hydrogen-bond donors (Lipinski definition) is 0. The summed E-state index contributed by atoms with van der Waals surface area (Å²) in [5.74, 6) is 1.01. The SMILES string of the molecule is CCOC(=O)C1CCCCN1CC(C)CCl. The van der Waals surface area contributed by atoms with Gasteiger partial charge in [0.05, 0.1) is 6.61 Å². The number of carbonyl (C=O) groups is 1. The number of hydrogen-bond acceptors (Lipinski definition) is 3. The molecule has 16 heavy (non-hydrogen) atoms. The molecule has 0 bridgehead atoms. The fraction of sp³-hybridized carbons (Fsp3) is 0.917. The van der Waals surface area contributed by atoms with Gasteiger partial charge in [0, 0.05) is 12.4 Å². The monoisotopic (exact) mass is 247 g/mol. The van der Waals surface area contributed by atoms with Gasteiger partial charge in [0.25, 0.3) is 0 Å². The summed E-state index contributed by atoms with van der Waals surface area (Å²) in [5, 5.41) is 0. The number of carbonyl (C=O) groups excluding carboxylic acids is 1. The molecule has 1 aliphatic heterocycles. The topological polar surface area (TPSA) is 29.5 Å². The first kappa shape index (κ1) is 13.8. The molecule has 2 atom stereocenters. The number of rotatable bonds is 5. The van der Waals surface area contributed by atoms with Crippen molar-refractivity contribution in [3.8, 4) is 0 Å². The van der Waals surface area contributed by atoms with Crippen LogP contribution in [0, 0.1) is 5.92 Å². The van der Waals surface area contributed by atoms with E-state index < -0.39 is 0 Å². The highest BCUT2D eigenvalue weighted by molar-refractivity contribution is 6.18. The number of alkyl halides is 1. The molecule has 1 saturated heterocycles. The van der Waals surface area contributed by atoms with Crippen LogP contribution in [-0.2, 0) is 9.53 Å². The summed E-state index contributed by atoms with van der Waals surface area (Å²) >= 11 is 5.82. The molecule has 2 unspecified atom stereocenters. The molecule has 1 heterocycles. The highest BCUT2D eigenvalue weighted by atomic mass is 35.5. The van der Waals surface area contributed by atoms with Crippen LogP contribution in [0.1, 0.15) is 33.1 Å². The normalized spacial score (nSPS) is 24.1. The number of ether oxygens (including phenoxy) is 1. The lowest BCUT2D eigenvalue weighted by molar-refractivity contribution is -0.151. The van der Waals surface area contributed by atoms with Crippen molar-refractivity contribution >= 4 is 17.6 Å². The van der Waals surface area contributed by atoms with E-state index in [-0.39, 0.29) is 12.0 Å². The van der Waals surface area contributed by atoms with Crippen molar-refractivity contribution in [2.75, 3.05) is 25.6 Å². The standard InChI is InChI=1S/C12H22ClNO2/c1-3-16-12(15)11-6-4-5-7-14(11)9-10(2)8-13/h10-11H,3-9H2,1-2H3. The minimum absolute atomic E-state index is 0.0423. The summed E-state index contributed by atoms with van der Waals surface area (Å²) in [6.45, 7) is 6.32. The van der Waals surface area contributed by atoms with Crippen LogP contribution in [0.15, 0.2) is 0 Å². The average Bonchev–Trinajstić information content (AvgIpc) is 2.30. The van der Waals surface area contributed by atoms with Gasteiger partial charge in [0.1, 0.15) is 6.04 Å². The minimum Gasteiger partial charge on any atom is -0.465 e. The number of nitrogens with zero attached hydrogens (tertiary/aromatic N) is 1. The van der Waals surface area contributed by atoms with Crippen molar-refractivity contribution in [2.45, 2.75) is 39.2 Å². The van der Waals surface area contributed by atoms with Crippen LogP contribution in [0.2, 0.25) is 0 Å². The molecular formula is C12H22ClNO2. The van der Waals surface area contributed by atoms with Crippen molar-refractivity contribution in [1.29, 1.82) is 0 Å². The molecule has 0 radical (unpaired) electrons. The second-order valence-corrected chi connectivity index (χ2v) is 4.83. The maximum atomic E-state index is 11.8. The molecule has 0 spiro atoms. The summed E-state index contributed by atoms with van der Waals surface area (Å²) < 4.78 is 5.11. The maximum Gasteiger partial charge on any atom is 0.323 e. The van der Waals surface area contributed by atoms with Crippen LogP contribution in [0.4, 0.5) is 0 Å². The van der Waals surface area contributed by atoms with Gasteiger partial charge in [-0.3, -0.25) is 9.69 Å². The van der Waals surface area contributed by atoms with Gasteiger partial charge in [0.15, 0.2) is 0 Å². The van der Waals surface area contributed by atoms with Crippen molar-refractivity contribution in [3.63, 3.8) is 0 Å². The van der Waals surface area contributed by atoms with Gasteiger partial charge in [-0.1, -0.05) is 13.3 Å². The summed E-state index contributed by atoms with van der Waals surface area (Å²) in [6, 6.07) is -0.0423. The second kappa shape index (κ2) is 7.13. The number of piperidine rings is 1. The zero-order valence-corrected chi connectivity index (χ0v) is 11.0. The summed E-state index contributed by atoms with van der Waals surface area (Å²) in [4.78, 5) is 14.0. The lowest BCUT2D eigenvalue weighted by atomic mass is 10.0. The molecule has 0 aromatic rings. The van der Waals surface area contributed by atoms with E-state index >= 15 is 0 Å². The van der Waals surface area contributed by atoms with Crippen LogP contribution in [-0.4, -0.2) is 42.5 Å². The second-order valence-electron chi connectivity index (χ2n) is 4.52. The molecule has 3 nitrogen and oxygen atoms in total. The molecule has 0 saturated carbocycles. The fourth-order valence-corrected chi connectivity index (χ4v) is 2.26. The Morgan fingerprint density at radius 2 is 2.31 bits per heavy atom. The molecule has 0 aromatic carbocycles. The molecule has 4 heteroatoms. The molecule has 0 aliphatic carbocycles. The van der Waals surface area contributed by atoms with E-state index in [9.17, 15) is 4.79 Å². The lowest BCUT2D eigenvalue weighted by Gasteiger charge is -2.35. The Labute approximate surface area is 103 Å². The maximum absolute atomic E-state index is 11.8. The third kappa shape index (κ3) is 3.95. The van der Waals surface area contributed by atoms with E-state index in [2.05, 4.69) is 11.8 Å². The Hall–Kier alpha value is -0.280. The number of halogens is 1. The van der Waals surface area contributed by atoms with Gasteiger partial charge in [-0.15, -0.1) is 11.6 Å². The van der Waals surface area contributed by atoms with Crippen LogP contribution >= 0.6 is 11.6 Å². The van der Waals surface area contributed by atoms with Crippen molar-refractivity contribution in [3.05, 3.63) is 0 Å². The van der Waals surface area contributed by atoms with Crippen molar-refractivity contribution < 1.29 is 9.53 Å². The van der Waals surface area contributed by atoms with Crippen LogP contribution in [0.3, 0.4) is 0 Å². The summed E-state index contributed by atoms with van der Waals surface area (Å²) in [5.41, 5.74) is 0. The quantitative estimate of drug-likeness (QED) is 0.552. The Kier molecular flexibility index (Phi) is 6.14. The Morgan fingerprint density at radius 3 is 2.94 bits per heavy atom. The molecule has 0 aromatic heterocycles. The Balaban J connectivity index is 2.52. The highest BCUT2D eigenvalue weighted by Gasteiger charge is 2.30. The van der Waals surface area contributed by atoms with E-state index in [4.69, 9.17) is 16.3 Å². The zero-order chi connectivity index (χ0) is 12.0. The molecule has 94 valence electrons.